The van der Waals surface area contributed by atoms with Gasteiger partial charge in [0.25, 0.3) is 5.91 Å². The van der Waals surface area contributed by atoms with Crippen LogP contribution in [0.4, 0.5) is 5.69 Å². The molecule has 0 aromatic heterocycles. The molecule has 122 valence electrons. The second-order valence-corrected chi connectivity index (χ2v) is 6.47. The lowest BCUT2D eigenvalue weighted by molar-refractivity contribution is -0.112. The number of ether oxygens (including phenoxy) is 1. The highest BCUT2D eigenvalue weighted by Crippen LogP contribution is 2.40. The number of carbonyl (C=O) groups excluding carboxylic acids is 2. The van der Waals surface area contributed by atoms with Crippen LogP contribution >= 0.6 is 11.8 Å². The normalized spacial score (nSPS) is 14.9. The fourth-order valence-corrected chi connectivity index (χ4v) is 3.26. The highest BCUT2D eigenvalue weighted by molar-refractivity contribution is 8.04. The molecular weight excluding hydrogens is 322 g/mol. The Labute approximate surface area is 144 Å². The van der Waals surface area contributed by atoms with Crippen molar-refractivity contribution >= 4 is 29.1 Å². The van der Waals surface area contributed by atoms with Gasteiger partial charge < -0.3 is 10.1 Å². The Kier molecular flexibility index (Phi) is 4.71. The first-order chi connectivity index (χ1) is 11.6. The number of carbonyl (C=O) groups is 2. The van der Waals surface area contributed by atoms with Gasteiger partial charge in [0.15, 0.2) is 5.78 Å². The number of thioether (sulfide) groups is 1. The minimum Gasteiger partial charge on any atom is -0.494 e. The maximum atomic E-state index is 12.4. The van der Waals surface area contributed by atoms with Crippen LogP contribution in [0.1, 0.15) is 22.8 Å². The molecule has 2 aromatic rings. The predicted molar refractivity (Wildman–Crippen MR) is 95.7 cm³/mol. The van der Waals surface area contributed by atoms with Crippen LogP contribution in [0.15, 0.2) is 58.3 Å². The first-order valence-corrected chi connectivity index (χ1v) is 8.47. The Bertz CT molecular complexity index is 825. The molecule has 5 heteroatoms. The monoisotopic (exact) mass is 339 g/mol. The van der Waals surface area contributed by atoms with Gasteiger partial charge in [0, 0.05) is 16.5 Å². The summed E-state index contributed by atoms with van der Waals surface area (Å²) in [7, 11) is 0. The first-order valence-electron chi connectivity index (χ1n) is 7.65. The number of hydrogen-bond donors (Lipinski definition) is 1. The summed E-state index contributed by atoms with van der Waals surface area (Å²) in [6.45, 7) is 4.45. The van der Waals surface area contributed by atoms with E-state index < -0.39 is 0 Å². The molecule has 0 bridgehead atoms. The van der Waals surface area contributed by atoms with Crippen LogP contribution in [0, 0.1) is 6.92 Å². The van der Waals surface area contributed by atoms with Gasteiger partial charge in [-0.15, -0.1) is 0 Å². The SMILES string of the molecule is CCOc1ccc2c(c1)SC(=CC(=O)c1ccc(C)cc1)C(=O)N2. The minimum absolute atomic E-state index is 0.183. The third kappa shape index (κ3) is 3.51. The van der Waals surface area contributed by atoms with Gasteiger partial charge in [-0.05, 0) is 32.0 Å². The third-order valence-corrected chi connectivity index (χ3v) is 4.64. The highest BCUT2D eigenvalue weighted by Gasteiger charge is 2.22. The molecule has 0 spiro atoms. The van der Waals surface area contributed by atoms with E-state index in [1.165, 1.54) is 17.8 Å². The smallest absolute Gasteiger partial charge is 0.262 e. The number of fused-ring (bicyclic) bond motifs is 1. The van der Waals surface area contributed by atoms with Gasteiger partial charge >= 0.3 is 0 Å². The number of aryl methyl sites for hydroxylation is 1. The molecule has 0 saturated carbocycles. The Morgan fingerprint density at radius 3 is 2.67 bits per heavy atom. The standard InChI is InChI=1S/C19H17NO3S/c1-3-23-14-8-9-15-17(10-14)24-18(19(22)20-15)11-16(21)13-6-4-12(2)5-7-13/h4-11H,3H2,1-2H3,(H,20,22). The average Bonchev–Trinajstić information content (AvgIpc) is 2.56. The summed E-state index contributed by atoms with van der Waals surface area (Å²) in [5, 5.41) is 2.81. The van der Waals surface area contributed by atoms with Crippen molar-refractivity contribution in [1.82, 2.24) is 0 Å². The highest BCUT2D eigenvalue weighted by atomic mass is 32.2. The molecule has 0 saturated heterocycles. The van der Waals surface area contributed by atoms with E-state index in [1.54, 1.807) is 12.1 Å². The summed E-state index contributed by atoms with van der Waals surface area (Å²) in [5.41, 5.74) is 2.38. The van der Waals surface area contributed by atoms with Crippen LogP contribution in [0.25, 0.3) is 0 Å². The zero-order valence-corrected chi connectivity index (χ0v) is 14.3. The van der Waals surface area contributed by atoms with Gasteiger partial charge in [0.1, 0.15) is 5.75 Å². The van der Waals surface area contributed by atoms with Crippen LogP contribution in [0.2, 0.25) is 0 Å². The van der Waals surface area contributed by atoms with Crippen molar-refractivity contribution < 1.29 is 14.3 Å². The van der Waals surface area contributed by atoms with Crippen LogP contribution in [0.3, 0.4) is 0 Å². The van der Waals surface area contributed by atoms with E-state index in [-0.39, 0.29) is 11.7 Å². The summed E-state index contributed by atoms with van der Waals surface area (Å²) in [5.74, 6) is 0.290. The molecule has 2 aromatic carbocycles. The van der Waals surface area contributed by atoms with E-state index in [0.29, 0.717) is 17.1 Å². The van der Waals surface area contributed by atoms with Gasteiger partial charge in [-0.1, -0.05) is 41.6 Å². The van der Waals surface area contributed by atoms with E-state index in [2.05, 4.69) is 5.32 Å². The van der Waals surface area contributed by atoms with E-state index in [1.807, 2.05) is 44.2 Å². The topological polar surface area (TPSA) is 55.4 Å². The molecule has 0 aliphatic carbocycles. The van der Waals surface area contributed by atoms with Crippen molar-refractivity contribution in [3.05, 3.63) is 64.6 Å². The van der Waals surface area contributed by atoms with Gasteiger partial charge in [0.2, 0.25) is 0 Å². The number of rotatable bonds is 4. The lowest BCUT2D eigenvalue weighted by Crippen LogP contribution is -2.18. The summed E-state index contributed by atoms with van der Waals surface area (Å²) >= 11 is 1.28. The second-order valence-electron chi connectivity index (χ2n) is 5.39. The first kappa shape index (κ1) is 16.3. The zero-order chi connectivity index (χ0) is 17.1. The molecule has 0 unspecified atom stereocenters. The number of benzene rings is 2. The molecule has 1 aliphatic rings. The molecule has 1 amide bonds. The number of ketones is 1. The molecule has 0 atom stereocenters. The van der Waals surface area contributed by atoms with E-state index in [4.69, 9.17) is 4.74 Å². The molecule has 1 aliphatic heterocycles. The van der Waals surface area contributed by atoms with E-state index in [0.717, 1.165) is 21.9 Å². The molecule has 1 N–H and O–H groups in total. The fourth-order valence-electron chi connectivity index (χ4n) is 2.31. The number of hydrogen-bond acceptors (Lipinski definition) is 4. The van der Waals surface area contributed by atoms with Gasteiger partial charge in [-0.25, -0.2) is 0 Å². The third-order valence-electron chi connectivity index (χ3n) is 3.55. The lowest BCUT2D eigenvalue weighted by Gasteiger charge is -2.19. The Morgan fingerprint density at radius 2 is 1.96 bits per heavy atom. The van der Waals surface area contributed by atoms with Crippen LogP contribution in [-0.2, 0) is 4.79 Å². The van der Waals surface area contributed by atoms with Crippen LogP contribution in [-0.4, -0.2) is 18.3 Å². The molecule has 0 fully saturated rings. The molecule has 1 heterocycles. The van der Waals surface area contributed by atoms with Crippen molar-refractivity contribution in [2.24, 2.45) is 0 Å². The van der Waals surface area contributed by atoms with Crippen LogP contribution in [0.5, 0.6) is 5.75 Å². The maximum absolute atomic E-state index is 12.4. The van der Waals surface area contributed by atoms with Crippen molar-refractivity contribution in [3.63, 3.8) is 0 Å². The molecule has 3 rings (SSSR count). The second kappa shape index (κ2) is 6.93. The Morgan fingerprint density at radius 1 is 1.21 bits per heavy atom. The number of nitrogens with one attached hydrogen (secondary N) is 1. The van der Waals surface area contributed by atoms with Gasteiger partial charge in [0.05, 0.1) is 17.2 Å². The quantitative estimate of drug-likeness (QED) is 0.670. The summed E-state index contributed by atoms with van der Waals surface area (Å²) < 4.78 is 5.48. The van der Waals surface area contributed by atoms with Crippen molar-refractivity contribution in [2.45, 2.75) is 18.7 Å². The van der Waals surface area contributed by atoms with E-state index >= 15 is 0 Å². The van der Waals surface area contributed by atoms with Crippen molar-refractivity contribution in [2.75, 3.05) is 11.9 Å². The van der Waals surface area contributed by atoms with Gasteiger partial charge in [-0.2, -0.15) is 0 Å². The van der Waals surface area contributed by atoms with Crippen molar-refractivity contribution in [1.29, 1.82) is 0 Å². The molecule has 24 heavy (non-hydrogen) atoms. The number of anilines is 1. The Hall–Kier alpha value is -2.53. The lowest BCUT2D eigenvalue weighted by atomic mass is 10.1. The molecule has 0 radical (unpaired) electrons. The largest absolute Gasteiger partial charge is 0.494 e. The zero-order valence-electron chi connectivity index (χ0n) is 13.5. The minimum atomic E-state index is -0.267. The molecular formula is C19H17NO3S. The average molecular weight is 339 g/mol. The predicted octanol–water partition coefficient (Wildman–Crippen LogP) is 4.20. The summed E-state index contributed by atoms with van der Waals surface area (Å²) in [4.78, 5) is 25.8. The van der Waals surface area contributed by atoms with Gasteiger partial charge in [-0.3, -0.25) is 9.59 Å². The maximum Gasteiger partial charge on any atom is 0.262 e. The van der Waals surface area contributed by atoms with Crippen LogP contribution < -0.4 is 10.1 Å². The van der Waals surface area contributed by atoms with Crippen molar-refractivity contribution in [3.8, 4) is 5.75 Å². The molecule has 4 nitrogen and oxygen atoms in total. The Balaban J connectivity index is 1.86. The fraction of sp³-hybridized carbons (Fsp3) is 0.158. The summed E-state index contributed by atoms with van der Waals surface area (Å²) in [6, 6.07) is 12.8. The number of amides is 1. The van der Waals surface area contributed by atoms with E-state index in [9.17, 15) is 9.59 Å². The number of allylic oxidation sites excluding steroid dienone is 1. The summed E-state index contributed by atoms with van der Waals surface area (Å²) in [6.07, 6.45) is 1.39.